The van der Waals surface area contributed by atoms with Gasteiger partial charge in [0.2, 0.25) is 0 Å². The number of nitrogens with two attached hydrogens (primary N) is 1. The molecule has 2 unspecified atom stereocenters. The Morgan fingerprint density at radius 2 is 1.87 bits per heavy atom. The van der Waals surface area contributed by atoms with Crippen molar-refractivity contribution in [2.24, 2.45) is 28.9 Å². The average molecular weight is 209 g/mol. The van der Waals surface area contributed by atoms with E-state index in [4.69, 9.17) is 10.5 Å². The zero-order valence-corrected chi connectivity index (χ0v) is 9.24. The number of carbonyl (C=O) groups excluding carboxylic acids is 1. The maximum Gasteiger partial charge on any atom is 0.311 e. The highest BCUT2D eigenvalue weighted by Gasteiger charge is 2.58. The van der Waals surface area contributed by atoms with Crippen LogP contribution in [0.3, 0.4) is 0 Å². The van der Waals surface area contributed by atoms with Gasteiger partial charge < -0.3 is 10.5 Å². The van der Waals surface area contributed by atoms with Crippen LogP contribution in [0.25, 0.3) is 0 Å². The van der Waals surface area contributed by atoms with Crippen molar-refractivity contribution >= 4 is 5.97 Å². The fourth-order valence-corrected chi connectivity index (χ4v) is 4.53. The van der Waals surface area contributed by atoms with Crippen LogP contribution in [0.2, 0.25) is 0 Å². The van der Waals surface area contributed by atoms with Gasteiger partial charge in [0.15, 0.2) is 0 Å². The molecular formula is C12H19NO2. The average Bonchev–Trinajstić information content (AvgIpc) is 2.23. The summed E-state index contributed by atoms with van der Waals surface area (Å²) in [6, 6.07) is 0.347. The Kier molecular flexibility index (Phi) is 1.91. The first-order valence-electron chi connectivity index (χ1n) is 5.98. The third kappa shape index (κ3) is 1.19. The van der Waals surface area contributed by atoms with Gasteiger partial charge in [0.25, 0.3) is 0 Å². The summed E-state index contributed by atoms with van der Waals surface area (Å²) in [5.74, 6) is 1.92. The van der Waals surface area contributed by atoms with E-state index in [1.165, 1.54) is 20.0 Å². The van der Waals surface area contributed by atoms with E-state index in [1.807, 2.05) is 0 Å². The molecule has 0 heterocycles. The van der Waals surface area contributed by atoms with Crippen molar-refractivity contribution < 1.29 is 9.53 Å². The number of rotatable bonds is 1. The van der Waals surface area contributed by atoms with Gasteiger partial charge in [-0.3, -0.25) is 4.79 Å². The molecule has 4 aliphatic carbocycles. The summed E-state index contributed by atoms with van der Waals surface area (Å²) in [6.07, 6.45) is 5.51. The molecule has 4 fully saturated rings. The van der Waals surface area contributed by atoms with E-state index < -0.39 is 0 Å². The molecule has 0 radical (unpaired) electrons. The first-order valence-corrected chi connectivity index (χ1v) is 5.98. The molecule has 15 heavy (non-hydrogen) atoms. The van der Waals surface area contributed by atoms with Crippen molar-refractivity contribution in [3.8, 4) is 0 Å². The zero-order chi connectivity index (χ0) is 10.6. The molecule has 0 saturated heterocycles. The standard InChI is InChI=1S/C12H19NO2/c1-15-11(14)12-4-7-2-8(5-12)10(13)9(3-7)6-12/h7-10H,2-6,13H2,1H3/t7-,8-,9+,10?,12?. The minimum absolute atomic E-state index is 0.0220. The predicted octanol–water partition coefficient (Wildman–Crippen LogP) is 1.31. The third-order valence-electron chi connectivity index (χ3n) is 4.96. The molecule has 2 N–H and O–H groups in total. The molecule has 4 saturated carbocycles. The molecule has 4 rings (SSSR count). The predicted molar refractivity (Wildman–Crippen MR) is 56.0 cm³/mol. The van der Waals surface area contributed by atoms with Gasteiger partial charge in [0.05, 0.1) is 12.5 Å². The molecule has 0 aromatic carbocycles. The van der Waals surface area contributed by atoms with E-state index in [0.717, 1.165) is 25.2 Å². The molecule has 0 spiro atoms. The number of methoxy groups -OCH3 is 1. The van der Waals surface area contributed by atoms with Gasteiger partial charge in [-0.2, -0.15) is 0 Å². The van der Waals surface area contributed by atoms with Crippen LogP contribution in [0.1, 0.15) is 32.1 Å². The van der Waals surface area contributed by atoms with E-state index in [1.54, 1.807) is 0 Å². The van der Waals surface area contributed by atoms with Crippen molar-refractivity contribution in [2.75, 3.05) is 7.11 Å². The second kappa shape index (κ2) is 2.97. The van der Waals surface area contributed by atoms with Crippen LogP contribution < -0.4 is 5.73 Å². The highest BCUT2D eigenvalue weighted by molar-refractivity contribution is 5.77. The van der Waals surface area contributed by atoms with Gasteiger partial charge in [-0.1, -0.05) is 0 Å². The number of hydrogen-bond acceptors (Lipinski definition) is 3. The van der Waals surface area contributed by atoms with E-state index in [-0.39, 0.29) is 11.4 Å². The maximum absolute atomic E-state index is 11.9. The van der Waals surface area contributed by atoms with E-state index >= 15 is 0 Å². The zero-order valence-electron chi connectivity index (χ0n) is 9.24. The summed E-state index contributed by atoms with van der Waals surface area (Å²) in [6.45, 7) is 0. The summed E-state index contributed by atoms with van der Waals surface area (Å²) in [4.78, 5) is 11.9. The van der Waals surface area contributed by atoms with Crippen LogP contribution in [0.5, 0.6) is 0 Å². The van der Waals surface area contributed by atoms with Crippen LogP contribution in [0, 0.1) is 23.2 Å². The minimum atomic E-state index is -0.152. The van der Waals surface area contributed by atoms with E-state index in [0.29, 0.717) is 17.9 Å². The molecule has 5 atom stereocenters. The second-order valence-electron chi connectivity index (χ2n) is 5.82. The Hall–Kier alpha value is -0.570. The first kappa shape index (κ1) is 9.64. The van der Waals surface area contributed by atoms with E-state index in [9.17, 15) is 4.79 Å². The monoisotopic (exact) mass is 209 g/mol. The number of hydrogen-bond donors (Lipinski definition) is 1. The lowest BCUT2D eigenvalue weighted by atomic mass is 9.48. The van der Waals surface area contributed by atoms with Crippen molar-refractivity contribution in [3.05, 3.63) is 0 Å². The second-order valence-corrected chi connectivity index (χ2v) is 5.82. The van der Waals surface area contributed by atoms with Crippen LogP contribution in [0.15, 0.2) is 0 Å². The van der Waals surface area contributed by atoms with Gasteiger partial charge in [-0.05, 0) is 49.9 Å². The van der Waals surface area contributed by atoms with Gasteiger partial charge >= 0.3 is 5.97 Å². The Bertz CT molecular complexity index is 286. The van der Waals surface area contributed by atoms with Crippen molar-refractivity contribution in [3.63, 3.8) is 0 Å². The lowest BCUT2D eigenvalue weighted by molar-refractivity contribution is -0.169. The van der Waals surface area contributed by atoms with Crippen molar-refractivity contribution in [1.82, 2.24) is 0 Å². The van der Waals surface area contributed by atoms with Crippen molar-refractivity contribution in [1.29, 1.82) is 0 Å². The minimum Gasteiger partial charge on any atom is -0.469 e. The normalized spacial score (nSPS) is 51.9. The number of ether oxygens (including phenoxy) is 1. The fourth-order valence-electron chi connectivity index (χ4n) is 4.53. The fraction of sp³-hybridized carbons (Fsp3) is 0.917. The smallest absolute Gasteiger partial charge is 0.311 e. The maximum atomic E-state index is 11.9. The molecular weight excluding hydrogens is 190 g/mol. The molecule has 0 aromatic rings. The molecule has 0 aliphatic heterocycles. The summed E-state index contributed by atoms with van der Waals surface area (Å²) >= 11 is 0. The molecule has 0 amide bonds. The topological polar surface area (TPSA) is 52.3 Å². The largest absolute Gasteiger partial charge is 0.469 e. The van der Waals surface area contributed by atoms with E-state index in [2.05, 4.69) is 0 Å². The Morgan fingerprint density at radius 3 is 2.40 bits per heavy atom. The van der Waals surface area contributed by atoms with Crippen LogP contribution in [0.4, 0.5) is 0 Å². The Morgan fingerprint density at radius 1 is 1.27 bits per heavy atom. The molecule has 4 aliphatic rings. The Balaban J connectivity index is 1.92. The molecule has 3 nitrogen and oxygen atoms in total. The first-order chi connectivity index (χ1) is 7.14. The number of carbonyl (C=O) groups is 1. The van der Waals surface area contributed by atoms with Gasteiger partial charge in [-0.15, -0.1) is 0 Å². The summed E-state index contributed by atoms with van der Waals surface area (Å²) in [7, 11) is 1.51. The number of esters is 1. The summed E-state index contributed by atoms with van der Waals surface area (Å²) < 4.78 is 4.99. The molecule has 0 aromatic heterocycles. The van der Waals surface area contributed by atoms with Crippen molar-refractivity contribution in [2.45, 2.75) is 38.1 Å². The summed E-state index contributed by atoms with van der Waals surface area (Å²) in [5.41, 5.74) is 6.06. The van der Waals surface area contributed by atoms with Crippen LogP contribution in [-0.4, -0.2) is 19.1 Å². The molecule has 3 heteroatoms. The van der Waals surface area contributed by atoms with Gasteiger partial charge in [0, 0.05) is 6.04 Å². The molecule has 84 valence electrons. The van der Waals surface area contributed by atoms with Crippen LogP contribution in [-0.2, 0) is 9.53 Å². The SMILES string of the molecule is COC(=O)C12C[C@@H]3C[C@H](C1)C(N)[C@@H](C3)C2. The lowest BCUT2D eigenvalue weighted by Crippen LogP contribution is -2.59. The summed E-state index contributed by atoms with van der Waals surface area (Å²) in [5, 5.41) is 0. The van der Waals surface area contributed by atoms with Gasteiger partial charge in [-0.25, -0.2) is 0 Å². The highest BCUT2D eigenvalue weighted by atomic mass is 16.5. The van der Waals surface area contributed by atoms with Gasteiger partial charge in [0.1, 0.15) is 0 Å². The Labute approximate surface area is 90.4 Å². The third-order valence-corrected chi connectivity index (χ3v) is 4.96. The quantitative estimate of drug-likeness (QED) is 0.662. The highest BCUT2D eigenvalue weighted by Crippen LogP contribution is 2.59. The molecule has 4 bridgehead atoms. The van der Waals surface area contributed by atoms with Crippen LogP contribution >= 0.6 is 0 Å². The lowest BCUT2D eigenvalue weighted by Gasteiger charge is -2.57.